The molecule has 2 N–H and O–H groups in total. The van der Waals surface area contributed by atoms with Crippen molar-refractivity contribution in [1.29, 1.82) is 0 Å². The van der Waals surface area contributed by atoms with Crippen LogP contribution in [-0.4, -0.2) is 41.0 Å². The number of urea groups is 1. The van der Waals surface area contributed by atoms with Crippen LogP contribution in [0.25, 0.3) is 0 Å². The first-order chi connectivity index (χ1) is 6.11. The average molecular weight is 184 g/mol. The third-order valence-electron chi connectivity index (χ3n) is 1.49. The lowest BCUT2D eigenvalue weighted by Gasteiger charge is -2.07. The van der Waals surface area contributed by atoms with E-state index in [9.17, 15) is 14.4 Å². The highest BCUT2D eigenvalue weighted by Crippen LogP contribution is 1.98. The van der Waals surface area contributed by atoms with Gasteiger partial charge >= 0.3 is 12.0 Å². The van der Waals surface area contributed by atoms with Crippen LogP contribution < -0.4 is 5.32 Å². The molecule has 0 unspecified atom stereocenters. The van der Waals surface area contributed by atoms with Crippen molar-refractivity contribution in [3.8, 4) is 0 Å². The molecule has 0 aromatic carbocycles. The number of nitrogens with zero attached hydrogens (tertiary/aromatic N) is 1. The quantitative estimate of drug-likeness (QED) is 0.443. The summed E-state index contributed by atoms with van der Waals surface area (Å²) in [5, 5.41) is 10.5. The van der Waals surface area contributed by atoms with Crippen LogP contribution in [0.3, 0.4) is 0 Å². The van der Waals surface area contributed by atoms with E-state index in [2.05, 4.69) is 5.32 Å². The summed E-state index contributed by atoms with van der Waals surface area (Å²) in [6.07, 6.45) is 2.13. The van der Waals surface area contributed by atoms with Crippen LogP contribution in [0.2, 0.25) is 0 Å². The van der Waals surface area contributed by atoms with Gasteiger partial charge < -0.3 is 10.4 Å². The monoisotopic (exact) mass is 184 g/mol. The number of amides is 3. The van der Waals surface area contributed by atoms with Crippen molar-refractivity contribution in [2.45, 2.75) is 0 Å². The van der Waals surface area contributed by atoms with Crippen molar-refractivity contribution in [2.24, 2.45) is 0 Å². The fourth-order valence-electron chi connectivity index (χ4n) is 0.899. The number of hydrogen-bond acceptors (Lipinski definition) is 3. The van der Waals surface area contributed by atoms with E-state index in [1.54, 1.807) is 0 Å². The van der Waals surface area contributed by atoms with E-state index in [0.717, 1.165) is 11.0 Å². The van der Waals surface area contributed by atoms with E-state index in [4.69, 9.17) is 5.11 Å². The second-order valence-electron chi connectivity index (χ2n) is 2.40. The highest BCUT2D eigenvalue weighted by atomic mass is 16.4. The second-order valence-corrected chi connectivity index (χ2v) is 2.40. The van der Waals surface area contributed by atoms with Crippen LogP contribution in [-0.2, 0) is 9.59 Å². The molecule has 1 aliphatic rings. The molecule has 3 amide bonds. The number of carboxylic acid groups (broad SMARTS) is 1. The van der Waals surface area contributed by atoms with Crippen molar-refractivity contribution >= 4 is 17.9 Å². The maximum absolute atomic E-state index is 10.9. The van der Waals surface area contributed by atoms with Crippen molar-refractivity contribution in [3.63, 3.8) is 0 Å². The lowest BCUT2D eigenvalue weighted by molar-refractivity contribution is -0.131. The van der Waals surface area contributed by atoms with E-state index < -0.39 is 12.0 Å². The minimum absolute atomic E-state index is 0.00301. The molecule has 1 fully saturated rings. The summed E-state index contributed by atoms with van der Waals surface area (Å²) in [6.45, 7) is -0.0172. The van der Waals surface area contributed by atoms with Gasteiger partial charge in [-0.25, -0.2) is 9.59 Å². The van der Waals surface area contributed by atoms with Crippen molar-refractivity contribution in [1.82, 2.24) is 10.2 Å². The normalized spacial score (nSPS) is 16.8. The summed E-state index contributed by atoms with van der Waals surface area (Å²) in [4.78, 5) is 32.8. The van der Waals surface area contributed by atoms with Gasteiger partial charge in [0, 0.05) is 12.6 Å². The van der Waals surface area contributed by atoms with Gasteiger partial charge in [-0.3, -0.25) is 9.69 Å². The zero-order chi connectivity index (χ0) is 9.84. The third-order valence-corrected chi connectivity index (χ3v) is 1.49. The Morgan fingerprint density at radius 3 is 2.77 bits per heavy atom. The molecule has 0 aromatic heterocycles. The first kappa shape index (κ1) is 9.24. The maximum atomic E-state index is 10.9. The highest BCUT2D eigenvalue weighted by Gasteiger charge is 2.26. The maximum Gasteiger partial charge on any atom is 0.328 e. The number of carbonyl (C=O) groups excluding carboxylic acids is 2. The summed E-state index contributed by atoms with van der Waals surface area (Å²) < 4.78 is 0. The molecule has 0 radical (unpaired) electrons. The minimum atomic E-state index is -1.10. The van der Waals surface area contributed by atoms with E-state index in [-0.39, 0.29) is 19.0 Å². The van der Waals surface area contributed by atoms with Gasteiger partial charge in [0.1, 0.15) is 0 Å². The van der Waals surface area contributed by atoms with Gasteiger partial charge in [0.2, 0.25) is 5.91 Å². The number of aliphatic carboxylic acids is 1. The zero-order valence-corrected chi connectivity index (χ0v) is 6.69. The van der Waals surface area contributed by atoms with Crippen LogP contribution in [0.4, 0.5) is 4.79 Å². The Hall–Kier alpha value is -1.85. The van der Waals surface area contributed by atoms with Crippen LogP contribution in [0.5, 0.6) is 0 Å². The largest absolute Gasteiger partial charge is 0.478 e. The fraction of sp³-hybridized carbons (Fsp3) is 0.286. The Bertz CT molecular complexity index is 268. The number of rotatable bonds is 3. The molecule has 0 aliphatic carbocycles. The standard InChI is InChI=1S/C7H8N2O4/c10-5-4-8-7(13)9(5)3-1-2-6(11)12/h1-2H,3-4H2,(H,8,13)(H,11,12). The van der Waals surface area contributed by atoms with E-state index in [1.807, 2.05) is 0 Å². The molecule has 1 saturated heterocycles. The molecular weight excluding hydrogens is 176 g/mol. The van der Waals surface area contributed by atoms with Crippen LogP contribution in [0.15, 0.2) is 12.2 Å². The second kappa shape index (κ2) is 3.70. The van der Waals surface area contributed by atoms with Crippen molar-refractivity contribution < 1.29 is 19.5 Å². The number of carboxylic acids is 1. The van der Waals surface area contributed by atoms with Crippen LogP contribution in [0, 0.1) is 0 Å². The predicted molar refractivity (Wildman–Crippen MR) is 41.9 cm³/mol. The van der Waals surface area contributed by atoms with Gasteiger partial charge in [0.15, 0.2) is 0 Å². The summed E-state index contributed by atoms with van der Waals surface area (Å²) in [7, 11) is 0. The number of hydrogen-bond donors (Lipinski definition) is 2. The molecule has 70 valence electrons. The number of carbonyl (C=O) groups is 3. The third kappa shape index (κ3) is 2.29. The van der Waals surface area contributed by atoms with Crippen LogP contribution >= 0.6 is 0 Å². The average Bonchev–Trinajstić information content (AvgIpc) is 2.34. The lowest BCUT2D eigenvalue weighted by Crippen LogP contribution is -2.31. The highest BCUT2D eigenvalue weighted by molar-refractivity contribution is 6.02. The molecule has 6 heteroatoms. The summed E-state index contributed by atoms with van der Waals surface area (Å²) in [5.41, 5.74) is 0. The Morgan fingerprint density at radius 1 is 1.62 bits per heavy atom. The Kier molecular flexibility index (Phi) is 2.63. The molecule has 13 heavy (non-hydrogen) atoms. The van der Waals surface area contributed by atoms with Crippen molar-refractivity contribution in [3.05, 3.63) is 12.2 Å². The van der Waals surface area contributed by atoms with Gasteiger partial charge in [-0.2, -0.15) is 0 Å². The van der Waals surface area contributed by atoms with Gasteiger partial charge in [-0.05, 0) is 0 Å². The van der Waals surface area contributed by atoms with Gasteiger partial charge in [-0.1, -0.05) is 6.08 Å². The molecule has 0 spiro atoms. The minimum Gasteiger partial charge on any atom is -0.478 e. The zero-order valence-electron chi connectivity index (χ0n) is 6.69. The first-order valence-electron chi connectivity index (χ1n) is 3.59. The molecule has 0 aromatic rings. The van der Waals surface area contributed by atoms with Gasteiger partial charge in [0.05, 0.1) is 6.54 Å². The van der Waals surface area contributed by atoms with Gasteiger partial charge in [0.25, 0.3) is 0 Å². The topological polar surface area (TPSA) is 86.7 Å². The van der Waals surface area contributed by atoms with Crippen molar-refractivity contribution in [2.75, 3.05) is 13.1 Å². The molecule has 0 bridgehead atoms. The van der Waals surface area contributed by atoms with E-state index in [1.165, 1.54) is 6.08 Å². The van der Waals surface area contributed by atoms with E-state index >= 15 is 0 Å². The van der Waals surface area contributed by atoms with E-state index in [0.29, 0.717) is 0 Å². The summed E-state index contributed by atoms with van der Waals surface area (Å²) in [6, 6.07) is -0.486. The molecule has 1 heterocycles. The smallest absolute Gasteiger partial charge is 0.328 e. The predicted octanol–water partition coefficient (Wildman–Crippen LogP) is -0.821. The molecule has 1 rings (SSSR count). The Morgan fingerprint density at radius 2 is 2.31 bits per heavy atom. The fourth-order valence-corrected chi connectivity index (χ4v) is 0.899. The summed E-state index contributed by atoms with van der Waals surface area (Å²) >= 11 is 0. The van der Waals surface area contributed by atoms with Crippen LogP contribution in [0.1, 0.15) is 0 Å². The number of imide groups is 1. The Balaban J connectivity index is 2.49. The SMILES string of the molecule is O=C(O)C=CCN1C(=O)CNC1=O. The lowest BCUT2D eigenvalue weighted by atomic mass is 10.4. The summed E-state index contributed by atoms with van der Waals surface area (Å²) in [5.74, 6) is -1.45. The Labute approximate surface area is 73.8 Å². The molecule has 0 atom stereocenters. The first-order valence-corrected chi connectivity index (χ1v) is 3.59. The molecule has 0 saturated carbocycles. The molecular formula is C7H8N2O4. The molecule has 6 nitrogen and oxygen atoms in total. The number of nitrogens with one attached hydrogen (secondary N) is 1. The van der Waals surface area contributed by atoms with Gasteiger partial charge in [-0.15, -0.1) is 0 Å². The molecule has 1 aliphatic heterocycles.